The number of non-ortho nitro benzene ring substituents is 1. The molecular formula is C19H17N5O2S. The smallest absolute Gasteiger partial charge is 0.269 e. The van der Waals surface area contributed by atoms with Gasteiger partial charge < -0.3 is 14.8 Å². The van der Waals surface area contributed by atoms with Crippen LogP contribution in [0.4, 0.5) is 5.69 Å². The van der Waals surface area contributed by atoms with E-state index in [1.807, 2.05) is 53.0 Å². The molecule has 8 heteroatoms. The van der Waals surface area contributed by atoms with Gasteiger partial charge in [0, 0.05) is 43.0 Å². The number of nitrogens with zero attached hydrogens (tertiary/aromatic N) is 4. The summed E-state index contributed by atoms with van der Waals surface area (Å²) in [6.45, 7) is 0. The molecule has 1 aromatic carbocycles. The monoisotopic (exact) mass is 379 g/mol. The standard InChI is InChI=1S/C19H17N5O2S/c1-22-18(17(21-19(22)27)15-5-2-3-11-20-15)16-6-4-12-23(16)13-7-9-14(10-8-13)24(25)26/h2-12,17-18H,1H3,(H,21,27)/t17-,18+/m1/s1. The van der Waals surface area contributed by atoms with Crippen molar-refractivity contribution in [2.75, 3.05) is 7.05 Å². The number of nitro groups is 1. The lowest BCUT2D eigenvalue weighted by Crippen LogP contribution is -2.25. The van der Waals surface area contributed by atoms with Gasteiger partial charge in [0.1, 0.15) is 0 Å². The molecule has 0 radical (unpaired) electrons. The number of likely N-dealkylation sites (N-methyl/N-ethyl adjacent to an activating group) is 1. The molecule has 1 fully saturated rings. The quantitative estimate of drug-likeness (QED) is 0.425. The number of nitrogens with one attached hydrogen (secondary N) is 1. The van der Waals surface area contributed by atoms with Gasteiger partial charge in [0.05, 0.1) is 22.7 Å². The van der Waals surface area contributed by atoms with Crippen molar-refractivity contribution in [2.45, 2.75) is 12.1 Å². The van der Waals surface area contributed by atoms with Crippen LogP contribution in [0.5, 0.6) is 0 Å². The van der Waals surface area contributed by atoms with Crippen LogP contribution in [0.25, 0.3) is 5.69 Å². The summed E-state index contributed by atoms with van der Waals surface area (Å²) < 4.78 is 2.02. The molecule has 4 rings (SSSR count). The van der Waals surface area contributed by atoms with Crippen molar-refractivity contribution in [1.82, 2.24) is 19.8 Å². The Bertz CT molecular complexity index is 987. The van der Waals surface area contributed by atoms with Crippen LogP contribution in [0.2, 0.25) is 0 Å². The fourth-order valence-electron chi connectivity index (χ4n) is 3.43. The van der Waals surface area contributed by atoms with E-state index in [2.05, 4.69) is 10.3 Å². The van der Waals surface area contributed by atoms with Gasteiger partial charge in [-0.25, -0.2) is 0 Å². The second kappa shape index (κ2) is 6.81. The van der Waals surface area contributed by atoms with Crippen LogP contribution in [0, 0.1) is 10.1 Å². The Morgan fingerprint density at radius 1 is 1.15 bits per heavy atom. The molecular weight excluding hydrogens is 362 g/mol. The number of nitro benzene ring substituents is 1. The van der Waals surface area contributed by atoms with Crippen LogP contribution >= 0.6 is 12.2 Å². The zero-order valence-electron chi connectivity index (χ0n) is 14.5. The minimum Gasteiger partial charge on any atom is -0.352 e. The first-order valence-corrected chi connectivity index (χ1v) is 8.83. The first kappa shape index (κ1) is 17.2. The second-order valence-corrected chi connectivity index (χ2v) is 6.70. The molecule has 1 aliphatic heterocycles. The Labute approximate surface area is 161 Å². The Balaban J connectivity index is 1.75. The molecule has 0 amide bonds. The molecule has 1 N–H and O–H groups in total. The van der Waals surface area contributed by atoms with Crippen LogP contribution in [-0.2, 0) is 0 Å². The van der Waals surface area contributed by atoms with Gasteiger partial charge >= 0.3 is 0 Å². The molecule has 2 atom stereocenters. The molecule has 2 aromatic heterocycles. The third-order valence-electron chi connectivity index (χ3n) is 4.76. The van der Waals surface area contributed by atoms with E-state index in [1.54, 1.807) is 18.3 Å². The van der Waals surface area contributed by atoms with Crippen LogP contribution in [0.15, 0.2) is 67.0 Å². The van der Waals surface area contributed by atoms with Crippen LogP contribution in [0.3, 0.4) is 0 Å². The zero-order chi connectivity index (χ0) is 19.0. The van der Waals surface area contributed by atoms with E-state index in [9.17, 15) is 10.1 Å². The fourth-order valence-corrected chi connectivity index (χ4v) is 3.67. The summed E-state index contributed by atoms with van der Waals surface area (Å²) in [7, 11) is 1.95. The molecule has 3 aromatic rings. The number of hydrogen-bond donors (Lipinski definition) is 1. The van der Waals surface area contributed by atoms with Crippen molar-refractivity contribution in [1.29, 1.82) is 0 Å². The number of thiocarbonyl (C=S) groups is 1. The van der Waals surface area contributed by atoms with Gasteiger partial charge in [0.2, 0.25) is 0 Å². The maximum absolute atomic E-state index is 10.9. The van der Waals surface area contributed by atoms with Crippen molar-refractivity contribution in [3.05, 3.63) is 88.5 Å². The molecule has 1 saturated heterocycles. The van der Waals surface area contributed by atoms with Gasteiger partial charge in [0.25, 0.3) is 5.69 Å². The van der Waals surface area contributed by atoms with Gasteiger partial charge in [0.15, 0.2) is 5.11 Å². The number of benzene rings is 1. The highest BCUT2D eigenvalue weighted by atomic mass is 32.1. The number of rotatable bonds is 4. The lowest BCUT2D eigenvalue weighted by Gasteiger charge is -2.25. The first-order chi connectivity index (χ1) is 13.1. The van der Waals surface area contributed by atoms with E-state index in [4.69, 9.17) is 12.2 Å². The van der Waals surface area contributed by atoms with Crippen LogP contribution in [-0.4, -0.2) is 31.5 Å². The van der Waals surface area contributed by atoms with Crippen molar-refractivity contribution in [3.8, 4) is 5.69 Å². The summed E-state index contributed by atoms with van der Waals surface area (Å²) in [5.74, 6) is 0. The SMILES string of the molecule is CN1C(=S)N[C@H](c2ccccn2)[C@@H]1c1cccn1-c1ccc([N+](=O)[O-])cc1. The fraction of sp³-hybridized carbons (Fsp3) is 0.158. The minimum atomic E-state index is -0.398. The summed E-state index contributed by atoms with van der Waals surface area (Å²) in [5.41, 5.74) is 2.85. The third-order valence-corrected chi connectivity index (χ3v) is 5.17. The van der Waals surface area contributed by atoms with E-state index in [0.717, 1.165) is 17.1 Å². The topological polar surface area (TPSA) is 76.2 Å². The van der Waals surface area contributed by atoms with Gasteiger partial charge in [-0.15, -0.1) is 0 Å². The lowest BCUT2D eigenvalue weighted by molar-refractivity contribution is -0.384. The van der Waals surface area contributed by atoms with E-state index >= 15 is 0 Å². The average Bonchev–Trinajstić information content (AvgIpc) is 3.27. The summed E-state index contributed by atoms with van der Waals surface area (Å²) in [6.07, 6.45) is 3.71. The van der Waals surface area contributed by atoms with Gasteiger partial charge in [-0.1, -0.05) is 6.07 Å². The molecule has 3 heterocycles. The molecule has 136 valence electrons. The molecule has 0 saturated carbocycles. The summed E-state index contributed by atoms with van der Waals surface area (Å²) in [5, 5.41) is 14.9. The highest BCUT2D eigenvalue weighted by molar-refractivity contribution is 7.80. The summed E-state index contributed by atoms with van der Waals surface area (Å²) in [4.78, 5) is 17.0. The number of aromatic nitrogens is 2. The normalized spacial score (nSPS) is 19.1. The van der Waals surface area contributed by atoms with Gasteiger partial charge in [-0.3, -0.25) is 15.1 Å². The minimum absolute atomic E-state index is 0.0578. The molecule has 27 heavy (non-hydrogen) atoms. The molecule has 0 spiro atoms. The van der Waals surface area contributed by atoms with Crippen LogP contribution < -0.4 is 5.32 Å². The Hall–Kier alpha value is -3.26. The largest absolute Gasteiger partial charge is 0.352 e. The Kier molecular flexibility index (Phi) is 4.33. The van der Waals surface area contributed by atoms with Crippen molar-refractivity contribution in [2.24, 2.45) is 0 Å². The molecule has 7 nitrogen and oxygen atoms in total. The maximum atomic E-state index is 10.9. The summed E-state index contributed by atoms with van der Waals surface area (Å²) in [6, 6.07) is 16.2. The molecule has 1 aliphatic rings. The predicted octanol–water partition coefficient (Wildman–Crippen LogP) is 3.38. The lowest BCUT2D eigenvalue weighted by atomic mass is 10.0. The molecule has 0 aliphatic carbocycles. The number of hydrogen-bond acceptors (Lipinski definition) is 4. The van der Waals surface area contributed by atoms with Crippen molar-refractivity contribution in [3.63, 3.8) is 0 Å². The average molecular weight is 379 g/mol. The van der Waals surface area contributed by atoms with E-state index < -0.39 is 4.92 Å². The maximum Gasteiger partial charge on any atom is 0.269 e. The third kappa shape index (κ3) is 3.04. The van der Waals surface area contributed by atoms with E-state index in [0.29, 0.717) is 5.11 Å². The van der Waals surface area contributed by atoms with Gasteiger partial charge in [-0.05, 0) is 48.6 Å². The molecule has 0 bridgehead atoms. The Morgan fingerprint density at radius 3 is 2.59 bits per heavy atom. The zero-order valence-corrected chi connectivity index (χ0v) is 15.3. The molecule has 0 unspecified atom stereocenters. The highest BCUT2D eigenvalue weighted by Crippen LogP contribution is 2.38. The van der Waals surface area contributed by atoms with E-state index in [1.165, 1.54) is 12.1 Å². The Morgan fingerprint density at radius 2 is 1.93 bits per heavy atom. The summed E-state index contributed by atoms with van der Waals surface area (Å²) >= 11 is 5.48. The predicted molar refractivity (Wildman–Crippen MR) is 106 cm³/mol. The first-order valence-electron chi connectivity index (χ1n) is 8.42. The highest BCUT2D eigenvalue weighted by Gasteiger charge is 2.39. The van der Waals surface area contributed by atoms with Crippen LogP contribution in [0.1, 0.15) is 23.5 Å². The number of pyridine rings is 1. The van der Waals surface area contributed by atoms with E-state index in [-0.39, 0.29) is 17.8 Å². The van der Waals surface area contributed by atoms with Gasteiger partial charge in [-0.2, -0.15) is 0 Å². The van der Waals surface area contributed by atoms with Crippen molar-refractivity contribution < 1.29 is 4.92 Å². The second-order valence-electron chi connectivity index (χ2n) is 6.31. The van der Waals surface area contributed by atoms with Crippen molar-refractivity contribution >= 4 is 23.0 Å².